The number of aryl methyl sites for hydroxylation is 1. The molecule has 0 spiro atoms. The molecule has 2 unspecified atom stereocenters. The number of hydrogen-bond donors (Lipinski definition) is 3. The minimum atomic E-state index is -3.49. The van der Waals surface area contributed by atoms with E-state index in [1.54, 1.807) is 12.1 Å². The monoisotopic (exact) mass is 384 g/mol. The molecule has 26 heavy (non-hydrogen) atoms. The first-order valence-corrected chi connectivity index (χ1v) is 9.94. The van der Waals surface area contributed by atoms with Crippen LogP contribution in [0, 0.1) is 5.92 Å². The lowest BCUT2D eigenvalue weighted by atomic mass is 9.93. The number of amides is 1. The molecule has 3 N–H and O–H groups in total. The fourth-order valence-corrected chi connectivity index (χ4v) is 3.60. The summed E-state index contributed by atoms with van der Waals surface area (Å²) in [4.78, 5) is 23.7. The van der Waals surface area contributed by atoms with Crippen molar-refractivity contribution < 1.29 is 27.9 Å². The number of carbonyl (C=O) groups is 2. The summed E-state index contributed by atoms with van der Waals surface area (Å²) in [5.74, 6) is -1.64. The van der Waals surface area contributed by atoms with Crippen molar-refractivity contribution in [2.75, 3.05) is 20.3 Å². The Hall–Kier alpha value is -1.97. The lowest BCUT2D eigenvalue weighted by Crippen LogP contribution is -2.48. The van der Waals surface area contributed by atoms with Crippen molar-refractivity contribution in [1.29, 1.82) is 0 Å². The highest BCUT2D eigenvalue weighted by Crippen LogP contribution is 2.18. The Morgan fingerprint density at radius 2 is 2.00 bits per heavy atom. The smallest absolute Gasteiger partial charge is 0.326 e. The van der Waals surface area contributed by atoms with Crippen LogP contribution < -0.4 is 10.0 Å². The van der Waals surface area contributed by atoms with Gasteiger partial charge in [0.25, 0.3) is 0 Å². The molecule has 1 aliphatic rings. The molecule has 1 saturated heterocycles. The van der Waals surface area contributed by atoms with Gasteiger partial charge in [-0.25, -0.2) is 17.9 Å². The molecule has 1 heterocycles. The minimum absolute atomic E-state index is 0.121. The summed E-state index contributed by atoms with van der Waals surface area (Å²) in [7, 11) is -2.15. The van der Waals surface area contributed by atoms with Gasteiger partial charge in [-0.05, 0) is 44.0 Å². The van der Waals surface area contributed by atoms with Crippen LogP contribution in [-0.4, -0.2) is 51.7 Å². The van der Waals surface area contributed by atoms with Crippen LogP contribution >= 0.6 is 0 Å². The first-order valence-electron chi connectivity index (χ1n) is 8.46. The van der Waals surface area contributed by atoms with Gasteiger partial charge >= 0.3 is 5.97 Å². The van der Waals surface area contributed by atoms with Gasteiger partial charge in [0, 0.05) is 18.9 Å². The third-order valence-corrected chi connectivity index (χ3v) is 5.82. The normalized spacial score (nSPS) is 18.9. The van der Waals surface area contributed by atoms with Gasteiger partial charge in [0.2, 0.25) is 15.9 Å². The third kappa shape index (κ3) is 5.52. The van der Waals surface area contributed by atoms with Crippen LogP contribution in [0.5, 0.6) is 0 Å². The van der Waals surface area contributed by atoms with Crippen molar-refractivity contribution in [3.63, 3.8) is 0 Å². The van der Waals surface area contributed by atoms with E-state index in [9.17, 15) is 23.1 Å². The molecule has 1 aliphatic heterocycles. The van der Waals surface area contributed by atoms with E-state index < -0.39 is 22.0 Å². The highest BCUT2D eigenvalue weighted by Gasteiger charge is 2.31. The largest absolute Gasteiger partial charge is 0.480 e. The van der Waals surface area contributed by atoms with Crippen molar-refractivity contribution >= 4 is 21.9 Å². The van der Waals surface area contributed by atoms with E-state index in [4.69, 9.17) is 4.74 Å². The lowest BCUT2D eigenvalue weighted by molar-refractivity contribution is -0.145. The van der Waals surface area contributed by atoms with E-state index in [-0.39, 0.29) is 23.1 Å². The molecule has 0 saturated carbocycles. The molecule has 0 aromatic heterocycles. The van der Waals surface area contributed by atoms with Gasteiger partial charge < -0.3 is 15.2 Å². The summed E-state index contributed by atoms with van der Waals surface area (Å²) in [5, 5.41) is 11.9. The molecule has 0 aliphatic carbocycles. The number of carboxylic acids is 1. The maximum Gasteiger partial charge on any atom is 0.326 e. The average Bonchev–Trinajstić information content (AvgIpc) is 2.65. The summed E-state index contributed by atoms with van der Waals surface area (Å²) in [6, 6.07) is 5.27. The molecule has 1 aromatic rings. The predicted octanol–water partition coefficient (Wildman–Crippen LogP) is 0.523. The van der Waals surface area contributed by atoms with Crippen molar-refractivity contribution in [1.82, 2.24) is 10.0 Å². The van der Waals surface area contributed by atoms with Crippen molar-refractivity contribution in [3.05, 3.63) is 29.8 Å². The van der Waals surface area contributed by atoms with Gasteiger partial charge in [-0.1, -0.05) is 12.1 Å². The topological polar surface area (TPSA) is 122 Å². The Kier molecular flexibility index (Phi) is 7.13. The summed E-state index contributed by atoms with van der Waals surface area (Å²) in [6.07, 6.45) is 2.00. The Morgan fingerprint density at radius 1 is 1.31 bits per heavy atom. The number of benzene rings is 1. The summed E-state index contributed by atoms with van der Waals surface area (Å²) in [5.41, 5.74) is 0.795. The Labute approximate surface area is 153 Å². The van der Waals surface area contributed by atoms with Crippen molar-refractivity contribution in [2.45, 2.75) is 36.6 Å². The van der Waals surface area contributed by atoms with Crippen LogP contribution in [0.1, 0.15) is 24.8 Å². The Bertz CT molecular complexity index is 726. The standard InChI is InChI=1S/C17H24N2O6S/c1-18-26(23,24)14-7-4-12(5-8-14)6-9-15(20)19-16(17(21)22)13-3-2-10-25-11-13/h4-5,7-8,13,16,18H,2-3,6,9-11H2,1H3,(H,19,20)(H,21,22). The highest BCUT2D eigenvalue weighted by atomic mass is 32.2. The number of rotatable bonds is 8. The molecule has 1 aromatic carbocycles. The van der Waals surface area contributed by atoms with E-state index in [1.807, 2.05) is 0 Å². The van der Waals surface area contributed by atoms with Gasteiger partial charge in [-0.3, -0.25) is 4.79 Å². The molecule has 2 rings (SSSR count). The predicted molar refractivity (Wildman–Crippen MR) is 94.1 cm³/mol. The molecule has 8 nitrogen and oxygen atoms in total. The second-order valence-corrected chi connectivity index (χ2v) is 8.10. The van der Waals surface area contributed by atoms with Gasteiger partial charge in [0.05, 0.1) is 11.5 Å². The number of carboxylic acid groups (broad SMARTS) is 1. The zero-order chi connectivity index (χ0) is 19.2. The molecular weight excluding hydrogens is 360 g/mol. The molecule has 0 bridgehead atoms. The fraction of sp³-hybridized carbons (Fsp3) is 0.529. The number of carbonyl (C=O) groups excluding carboxylic acids is 1. The molecule has 1 amide bonds. The maximum absolute atomic E-state index is 12.1. The number of sulfonamides is 1. The molecule has 2 atom stereocenters. The van der Waals surface area contributed by atoms with Crippen molar-refractivity contribution in [3.8, 4) is 0 Å². The van der Waals surface area contributed by atoms with Crippen molar-refractivity contribution in [2.24, 2.45) is 5.92 Å². The molecule has 144 valence electrons. The SMILES string of the molecule is CNS(=O)(=O)c1ccc(CCC(=O)NC(C(=O)O)C2CCCOC2)cc1. The highest BCUT2D eigenvalue weighted by molar-refractivity contribution is 7.89. The first kappa shape index (κ1) is 20.3. The maximum atomic E-state index is 12.1. The molecule has 9 heteroatoms. The first-order chi connectivity index (χ1) is 12.3. The van der Waals surface area contributed by atoms with Crippen LogP contribution in [0.2, 0.25) is 0 Å². The minimum Gasteiger partial charge on any atom is -0.480 e. The van der Waals surface area contributed by atoms with E-state index in [1.165, 1.54) is 19.2 Å². The Morgan fingerprint density at radius 3 is 2.54 bits per heavy atom. The third-order valence-electron chi connectivity index (χ3n) is 4.39. The second-order valence-electron chi connectivity index (χ2n) is 6.21. The van der Waals surface area contributed by atoms with Crippen LogP contribution in [0.15, 0.2) is 29.2 Å². The summed E-state index contributed by atoms with van der Waals surface area (Å²) >= 11 is 0. The molecule has 1 fully saturated rings. The van der Waals surface area contributed by atoms with Crippen LogP contribution in [0.4, 0.5) is 0 Å². The zero-order valence-electron chi connectivity index (χ0n) is 14.6. The summed E-state index contributed by atoms with van der Waals surface area (Å²) < 4.78 is 30.9. The van der Waals surface area contributed by atoms with E-state index in [0.717, 1.165) is 12.0 Å². The fourth-order valence-electron chi connectivity index (χ4n) is 2.87. The number of ether oxygens (including phenoxy) is 1. The van der Waals surface area contributed by atoms with Gasteiger partial charge in [-0.15, -0.1) is 0 Å². The quantitative estimate of drug-likeness (QED) is 0.601. The van der Waals surface area contributed by atoms with Crippen LogP contribution in [-0.2, 0) is 30.8 Å². The van der Waals surface area contributed by atoms with Crippen LogP contribution in [0.25, 0.3) is 0 Å². The molecular formula is C17H24N2O6S. The van der Waals surface area contributed by atoms with Crippen LogP contribution in [0.3, 0.4) is 0 Å². The summed E-state index contributed by atoms with van der Waals surface area (Å²) in [6.45, 7) is 0.953. The van der Waals surface area contributed by atoms with E-state index >= 15 is 0 Å². The Balaban J connectivity index is 1.90. The number of aliphatic carboxylic acids is 1. The molecule has 0 radical (unpaired) electrons. The lowest BCUT2D eigenvalue weighted by Gasteiger charge is -2.28. The van der Waals surface area contributed by atoms with Gasteiger partial charge in [0.1, 0.15) is 6.04 Å². The zero-order valence-corrected chi connectivity index (χ0v) is 15.4. The van der Waals surface area contributed by atoms with E-state index in [2.05, 4.69) is 10.0 Å². The second kappa shape index (κ2) is 9.11. The van der Waals surface area contributed by atoms with Gasteiger partial charge in [0.15, 0.2) is 0 Å². The number of hydrogen-bond acceptors (Lipinski definition) is 5. The van der Waals surface area contributed by atoms with E-state index in [0.29, 0.717) is 26.1 Å². The number of nitrogens with one attached hydrogen (secondary N) is 2. The van der Waals surface area contributed by atoms with Gasteiger partial charge in [-0.2, -0.15) is 0 Å². The average molecular weight is 384 g/mol.